The topological polar surface area (TPSA) is 30.5 Å². The second-order valence-corrected chi connectivity index (χ2v) is 34.1. The zero-order valence-electron chi connectivity index (χ0n) is 38.5. The van der Waals surface area contributed by atoms with E-state index in [-0.39, 0.29) is 34.1 Å². The quantitative estimate of drug-likeness (QED) is 0.0450. The standard InChI is InChI=1S/C54H69NO2SSi3/c1-11-12-17-28-43(56-60(52(2,3)4,44-29-18-13-19-30-44)45-31-20-14-21-32-45)37-38-48-49-41-51(58)55-54(49,39-26-27-40-59(8,9)10)42-50(48)57-61(53(5,6)7,46-33-22-15-23-34-46)47-35-24-16-25-36-47/h13-16,18-25,29-38,43,48-50H,11-12,17,28,41-42H2,1-10H3,(H,55,58)/t43-,48?,49?,50?,54?/m0/s1. The third kappa shape index (κ3) is 10.2. The molecule has 0 amide bonds. The van der Waals surface area contributed by atoms with Gasteiger partial charge in [-0.3, -0.25) is 0 Å². The van der Waals surface area contributed by atoms with Crippen LogP contribution in [0, 0.1) is 35.1 Å². The number of nitrogens with one attached hydrogen (secondary N) is 1. The van der Waals surface area contributed by atoms with E-state index in [2.05, 4.69) is 230 Å². The van der Waals surface area contributed by atoms with Gasteiger partial charge in [0.15, 0.2) is 0 Å². The first-order chi connectivity index (χ1) is 29.0. The predicted octanol–water partition coefficient (Wildman–Crippen LogP) is 10.6. The zero-order chi connectivity index (χ0) is 43.9. The molecular weight excluding hydrogens is 811 g/mol. The van der Waals surface area contributed by atoms with Crippen LogP contribution in [0.3, 0.4) is 0 Å². The molecule has 61 heavy (non-hydrogen) atoms. The molecule has 1 saturated carbocycles. The van der Waals surface area contributed by atoms with Crippen LogP contribution in [-0.2, 0) is 8.85 Å². The number of unbranched alkanes of at least 4 members (excludes halogenated alkanes) is 2. The molecule has 7 heteroatoms. The molecule has 4 unspecified atom stereocenters. The van der Waals surface area contributed by atoms with Gasteiger partial charge in [-0.05, 0) is 49.1 Å². The summed E-state index contributed by atoms with van der Waals surface area (Å²) >= 11 is 6.04. The van der Waals surface area contributed by atoms with Crippen LogP contribution in [0.1, 0.15) is 87.0 Å². The summed E-state index contributed by atoms with van der Waals surface area (Å²) in [7, 11) is -7.40. The van der Waals surface area contributed by atoms with Crippen LogP contribution in [0.25, 0.3) is 0 Å². The first-order valence-electron chi connectivity index (χ1n) is 22.6. The summed E-state index contributed by atoms with van der Waals surface area (Å²) in [6, 6.07) is 44.2. The Hall–Kier alpha value is -3.80. The average molecular weight is 880 g/mol. The molecule has 0 bridgehead atoms. The highest BCUT2D eigenvalue weighted by Crippen LogP contribution is 2.51. The van der Waals surface area contributed by atoms with Crippen molar-refractivity contribution in [3.8, 4) is 23.3 Å². The molecular formula is C54H69NO2SSi3. The average Bonchev–Trinajstić information content (AvgIpc) is 3.68. The molecule has 1 N–H and O–H groups in total. The first-order valence-corrected chi connectivity index (χ1v) is 30.3. The van der Waals surface area contributed by atoms with Gasteiger partial charge in [0.25, 0.3) is 16.6 Å². The van der Waals surface area contributed by atoms with Gasteiger partial charge < -0.3 is 14.2 Å². The molecule has 2 aliphatic rings. The molecule has 0 radical (unpaired) electrons. The van der Waals surface area contributed by atoms with Crippen molar-refractivity contribution >= 4 is 62.7 Å². The summed E-state index contributed by atoms with van der Waals surface area (Å²) in [6.45, 7) is 23.3. The molecule has 0 spiro atoms. The minimum absolute atomic E-state index is 0.0327. The maximum absolute atomic E-state index is 8.11. The predicted molar refractivity (Wildman–Crippen MR) is 272 cm³/mol. The Labute approximate surface area is 377 Å². The van der Waals surface area contributed by atoms with Gasteiger partial charge in [-0.1, -0.05) is 239 Å². The minimum Gasteiger partial charge on any atom is -0.404 e. The zero-order valence-corrected chi connectivity index (χ0v) is 42.3. The number of hydrogen-bond acceptors (Lipinski definition) is 3. The molecule has 1 saturated heterocycles. The smallest absolute Gasteiger partial charge is 0.261 e. The summed E-state index contributed by atoms with van der Waals surface area (Å²) in [6.07, 6.45) is 10.5. The van der Waals surface area contributed by atoms with E-state index >= 15 is 0 Å². The van der Waals surface area contributed by atoms with Crippen molar-refractivity contribution in [2.75, 3.05) is 0 Å². The lowest BCUT2D eigenvalue weighted by atomic mass is 9.84. The van der Waals surface area contributed by atoms with Crippen LogP contribution in [0.2, 0.25) is 29.7 Å². The van der Waals surface area contributed by atoms with Crippen LogP contribution in [0.5, 0.6) is 0 Å². The Balaban J connectivity index is 1.53. The molecule has 320 valence electrons. The fraction of sp³-hybridized carbons (Fsp3) is 0.426. The maximum Gasteiger partial charge on any atom is 0.261 e. The lowest BCUT2D eigenvalue weighted by molar-refractivity contribution is 0.153. The van der Waals surface area contributed by atoms with E-state index in [1.807, 2.05) is 0 Å². The van der Waals surface area contributed by atoms with E-state index < -0.39 is 30.2 Å². The Morgan fingerprint density at radius 2 is 1.20 bits per heavy atom. The van der Waals surface area contributed by atoms with Gasteiger partial charge in [-0.2, -0.15) is 0 Å². The maximum atomic E-state index is 8.11. The van der Waals surface area contributed by atoms with Gasteiger partial charge in [-0.25, -0.2) is 0 Å². The third-order valence-corrected chi connectivity index (χ3v) is 24.0. The van der Waals surface area contributed by atoms with Crippen molar-refractivity contribution in [3.05, 3.63) is 133 Å². The Morgan fingerprint density at radius 3 is 1.64 bits per heavy atom. The molecule has 5 atom stereocenters. The first kappa shape index (κ1) is 46.7. The normalized spacial score (nSPS) is 21.2. The van der Waals surface area contributed by atoms with Gasteiger partial charge >= 0.3 is 0 Å². The number of fused-ring (bicyclic) bond motifs is 1. The monoisotopic (exact) mass is 879 g/mol. The highest BCUT2D eigenvalue weighted by atomic mass is 32.1. The van der Waals surface area contributed by atoms with Crippen molar-refractivity contribution in [1.82, 2.24) is 5.32 Å². The third-order valence-electron chi connectivity index (χ3n) is 12.7. The highest BCUT2D eigenvalue weighted by molar-refractivity contribution is 7.80. The van der Waals surface area contributed by atoms with Crippen LogP contribution in [-0.4, -0.2) is 47.4 Å². The van der Waals surface area contributed by atoms with Crippen molar-refractivity contribution in [2.45, 2.75) is 134 Å². The van der Waals surface area contributed by atoms with Crippen LogP contribution in [0.4, 0.5) is 0 Å². The molecule has 0 aromatic heterocycles. The molecule has 4 aromatic rings. The van der Waals surface area contributed by atoms with E-state index in [1.54, 1.807) is 0 Å². The van der Waals surface area contributed by atoms with E-state index in [0.29, 0.717) is 0 Å². The lowest BCUT2D eigenvalue weighted by Crippen LogP contribution is -2.68. The van der Waals surface area contributed by atoms with E-state index in [4.69, 9.17) is 21.1 Å². The van der Waals surface area contributed by atoms with Gasteiger partial charge in [0.2, 0.25) is 0 Å². The lowest BCUT2D eigenvalue weighted by Gasteiger charge is -2.46. The van der Waals surface area contributed by atoms with Crippen LogP contribution >= 0.6 is 12.2 Å². The second-order valence-electron chi connectivity index (χ2n) is 20.4. The van der Waals surface area contributed by atoms with E-state index in [9.17, 15) is 0 Å². The summed E-state index contributed by atoms with van der Waals surface area (Å²) < 4.78 is 16.0. The van der Waals surface area contributed by atoms with Crippen molar-refractivity contribution < 1.29 is 8.85 Å². The van der Waals surface area contributed by atoms with Gasteiger partial charge in [0, 0.05) is 24.7 Å². The number of thiocarbonyl (C=S) groups is 1. The van der Waals surface area contributed by atoms with E-state index in [1.165, 1.54) is 20.7 Å². The van der Waals surface area contributed by atoms with Gasteiger partial charge in [0.1, 0.15) is 13.6 Å². The fourth-order valence-electron chi connectivity index (χ4n) is 9.94. The van der Waals surface area contributed by atoms with Gasteiger partial charge in [-0.15, -0.1) is 5.54 Å². The number of rotatable bonds is 14. The fourth-order valence-corrected chi connectivity index (χ4v) is 20.1. The number of hydrogen-bond donors (Lipinski definition) is 1. The van der Waals surface area contributed by atoms with Gasteiger partial charge in [0.05, 0.1) is 17.2 Å². The Kier molecular flexibility index (Phi) is 14.8. The minimum atomic E-state index is -2.94. The highest BCUT2D eigenvalue weighted by Gasteiger charge is 2.60. The molecule has 1 aliphatic heterocycles. The molecule has 6 rings (SSSR count). The second kappa shape index (κ2) is 19.3. The van der Waals surface area contributed by atoms with Crippen molar-refractivity contribution in [1.29, 1.82) is 0 Å². The molecule has 2 fully saturated rings. The summed E-state index contributed by atoms with van der Waals surface area (Å²) in [5.41, 5.74) is 2.94. The number of benzene rings is 4. The molecule has 1 heterocycles. The van der Waals surface area contributed by atoms with E-state index in [0.717, 1.165) is 43.5 Å². The van der Waals surface area contributed by atoms with Crippen molar-refractivity contribution in [2.24, 2.45) is 11.8 Å². The largest absolute Gasteiger partial charge is 0.404 e. The molecule has 4 aromatic carbocycles. The summed E-state index contributed by atoms with van der Waals surface area (Å²) in [5.74, 6) is 10.5. The molecule has 3 nitrogen and oxygen atoms in total. The molecule has 1 aliphatic carbocycles. The SMILES string of the molecule is CCCCC[C@@H](C=CC1C(O[Si](c2ccccc2)(c2ccccc2)C(C)(C)C)CC2(C#CC#C[Si](C)(C)C)NC(=S)CC12)O[Si](c1ccccc1)(c1ccccc1)C(C)(C)C. The Bertz CT molecular complexity index is 2140. The summed E-state index contributed by atoms with van der Waals surface area (Å²) in [4.78, 5) is 0.878. The van der Waals surface area contributed by atoms with Crippen LogP contribution in [0.15, 0.2) is 133 Å². The van der Waals surface area contributed by atoms with Crippen LogP contribution < -0.4 is 26.1 Å². The Morgan fingerprint density at radius 1 is 0.721 bits per heavy atom. The van der Waals surface area contributed by atoms with Crippen molar-refractivity contribution in [3.63, 3.8) is 0 Å². The summed E-state index contributed by atoms with van der Waals surface area (Å²) in [5, 5.41) is 8.65.